The van der Waals surface area contributed by atoms with Crippen molar-refractivity contribution in [2.45, 2.75) is 102 Å². The number of allylic oxidation sites excluding steroid dienone is 1. The molecule has 330 valence electrons. The molecule has 1 saturated carbocycles. The van der Waals surface area contributed by atoms with Crippen LogP contribution in [0, 0.1) is 23.6 Å². The zero-order valence-electron chi connectivity index (χ0n) is 36.4. The van der Waals surface area contributed by atoms with E-state index in [1.165, 1.54) is 13.2 Å². The standard InChI is InChI=1S/C51H61FN2O8/c1-6-28-60-51-46(54(49(57)58-5)32-36-20-15-19-34-16-7-9-21-39(34)36)31-44(53-62-50(2,3)4)41-29-35(17-11-13-26-55)40(22-12-14-27-56)47(48(41)51)42-30-38(24-25-45(42)61-51)59-33-37-18-8-10-23-43(37)52/h6-10,15-16,18-21,23-25,29-30,35,40,46-48,55-56H,1,11-14,17,22,26-28,31-33H2,2-5H3/t35-,40+,46-,47+,48+,51+/m0/s1. The fraction of sp³-hybridized carbons (Fsp3) is 0.451. The fourth-order valence-electron chi connectivity index (χ4n) is 9.74. The number of unbranched alkanes of at least 4 members (excludes halogenated alkanes) is 2. The number of carbonyl (C=O) groups excluding carboxylic acids is 1. The monoisotopic (exact) mass is 848 g/mol. The second-order valence-corrected chi connectivity index (χ2v) is 17.6. The first-order valence-corrected chi connectivity index (χ1v) is 22.0. The number of oxime groups is 1. The first-order chi connectivity index (χ1) is 30.0. The summed E-state index contributed by atoms with van der Waals surface area (Å²) in [4.78, 5) is 22.4. The van der Waals surface area contributed by atoms with E-state index in [1.807, 2.05) is 63.2 Å². The number of aliphatic hydroxyl groups excluding tert-OH is 2. The fourth-order valence-corrected chi connectivity index (χ4v) is 9.74. The highest BCUT2D eigenvalue weighted by atomic mass is 19.1. The van der Waals surface area contributed by atoms with Gasteiger partial charge in [0.15, 0.2) is 0 Å². The molecule has 7 rings (SSSR count). The van der Waals surface area contributed by atoms with Crippen molar-refractivity contribution in [3.05, 3.63) is 132 Å². The Balaban J connectivity index is 1.46. The summed E-state index contributed by atoms with van der Waals surface area (Å²) in [5, 5.41) is 26.9. The lowest BCUT2D eigenvalue weighted by molar-refractivity contribution is -0.256. The smallest absolute Gasteiger partial charge is 0.410 e. The van der Waals surface area contributed by atoms with Crippen LogP contribution in [0.3, 0.4) is 0 Å². The molecule has 0 unspecified atom stereocenters. The Hall–Kier alpha value is -5.23. The van der Waals surface area contributed by atoms with Gasteiger partial charge in [0.25, 0.3) is 0 Å². The molecule has 62 heavy (non-hydrogen) atoms. The van der Waals surface area contributed by atoms with Crippen LogP contribution >= 0.6 is 0 Å². The normalized spacial score (nSPS) is 23.4. The maximum atomic E-state index is 14.8. The minimum Gasteiger partial charge on any atom is -0.489 e. The van der Waals surface area contributed by atoms with Gasteiger partial charge < -0.3 is 34.0 Å². The third-order valence-corrected chi connectivity index (χ3v) is 12.4. The second kappa shape index (κ2) is 19.9. The Morgan fingerprint density at radius 3 is 2.44 bits per heavy atom. The van der Waals surface area contributed by atoms with E-state index in [1.54, 1.807) is 29.2 Å². The van der Waals surface area contributed by atoms with Gasteiger partial charge in [-0.1, -0.05) is 90.8 Å². The summed E-state index contributed by atoms with van der Waals surface area (Å²) in [6.07, 6.45) is 8.15. The van der Waals surface area contributed by atoms with Gasteiger partial charge in [-0.05, 0) is 104 Å². The predicted molar refractivity (Wildman–Crippen MR) is 238 cm³/mol. The molecule has 11 heteroatoms. The van der Waals surface area contributed by atoms with Crippen molar-refractivity contribution in [3.8, 4) is 11.5 Å². The van der Waals surface area contributed by atoms with Crippen molar-refractivity contribution in [2.24, 2.45) is 22.9 Å². The average molecular weight is 849 g/mol. The summed E-state index contributed by atoms with van der Waals surface area (Å²) in [6, 6.07) is 25.7. The molecule has 0 bridgehead atoms. The zero-order valence-corrected chi connectivity index (χ0v) is 36.4. The summed E-state index contributed by atoms with van der Waals surface area (Å²) in [6.45, 7) is 10.4. The lowest BCUT2D eigenvalue weighted by Crippen LogP contribution is -2.70. The van der Waals surface area contributed by atoms with Crippen molar-refractivity contribution in [2.75, 3.05) is 26.9 Å². The highest BCUT2D eigenvalue weighted by Gasteiger charge is 2.65. The van der Waals surface area contributed by atoms with Crippen molar-refractivity contribution in [3.63, 3.8) is 0 Å². The van der Waals surface area contributed by atoms with Gasteiger partial charge in [-0.15, -0.1) is 6.58 Å². The molecule has 4 aromatic rings. The first-order valence-electron chi connectivity index (χ1n) is 22.0. The molecule has 1 fully saturated rings. The van der Waals surface area contributed by atoms with Crippen molar-refractivity contribution in [1.29, 1.82) is 0 Å². The number of carbonyl (C=O) groups is 1. The van der Waals surface area contributed by atoms with E-state index in [0.29, 0.717) is 35.6 Å². The highest BCUT2D eigenvalue weighted by molar-refractivity contribution is 6.03. The van der Waals surface area contributed by atoms with E-state index in [-0.39, 0.29) is 63.0 Å². The first kappa shape index (κ1) is 44.8. The Kier molecular flexibility index (Phi) is 14.4. The third-order valence-electron chi connectivity index (χ3n) is 12.4. The lowest BCUT2D eigenvalue weighted by atomic mass is 9.55. The van der Waals surface area contributed by atoms with E-state index < -0.39 is 29.4 Å². The number of hydrogen-bond acceptors (Lipinski definition) is 9. The molecule has 3 aliphatic rings. The van der Waals surface area contributed by atoms with Crippen LogP contribution in [-0.2, 0) is 27.5 Å². The van der Waals surface area contributed by atoms with E-state index in [2.05, 4.69) is 30.9 Å². The highest BCUT2D eigenvalue weighted by Crippen LogP contribution is 2.62. The minimum absolute atomic E-state index is 0.0124. The van der Waals surface area contributed by atoms with E-state index in [0.717, 1.165) is 53.2 Å². The molecule has 0 spiro atoms. The molecular formula is C51H61FN2O8. The van der Waals surface area contributed by atoms with Crippen LogP contribution in [0.5, 0.6) is 11.5 Å². The van der Waals surface area contributed by atoms with E-state index in [9.17, 15) is 19.4 Å². The number of hydrogen-bond donors (Lipinski definition) is 2. The molecule has 0 radical (unpaired) electrons. The molecule has 10 nitrogen and oxygen atoms in total. The second-order valence-electron chi connectivity index (χ2n) is 17.6. The largest absolute Gasteiger partial charge is 0.489 e. The Bertz CT molecular complexity index is 2250. The van der Waals surface area contributed by atoms with E-state index in [4.69, 9.17) is 28.9 Å². The molecule has 0 saturated heterocycles. The van der Waals surface area contributed by atoms with Gasteiger partial charge in [-0.2, -0.15) is 0 Å². The van der Waals surface area contributed by atoms with Crippen LogP contribution in [0.4, 0.5) is 9.18 Å². The van der Waals surface area contributed by atoms with Crippen LogP contribution in [0.15, 0.2) is 114 Å². The Labute approximate surface area is 365 Å². The van der Waals surface area contributed by atoms with Crippen molar-refractivity contribution in [1.82, 2.24) is 4.90 Å². The minimum atomic E-state index is -1.47. The molecule has 0 aromatic heterocycles. The van der Waals surface area contributed by atoms with Crippen molar-refractivity contribution >= 4 is 22.6 Å². The maximum absolute atomic E-state index is 14.8. The van der Waals surface area contributed by atoms with Gasteiger partial charge in [-0.25, -0.2) is 9.18 Å². The molecule has 1 aliphatic heterocycles. The molecule has 1 heterocycles. The van der Waals surface area contributed by atoms with Crippen LogP contribution in [0.2, 0.25) is 0 Å². The number of benzene rings is 4. The van der Waals surface area contributed by atoms with Gasteiger partial charge >= 0.3 is 6.09 Å². The number of halogens is 1. The van der Waals surface area contributed by atoms with Crippen LogP contribution in [0.1, 0.15) is 88.3 Å². The van der Waals surface area contributed by atoms with Crippen LogP contribution < -0.4 is 9.47 Å². The number of nitrogens with zero attached hydrogens (tertiary/aromatic N) is 2. The number of amides is 1. The van der Waals surface area contributed by atoms with Gasteiger partial charge in [-0.3, -0.25) is 4.90 Å². The lowest BCUT2D eigenvalue weighted by Gasteiger charge is -2.60. The van der Waals surface area contributed by atoms with Gasteiger partial charge in [0.1, 0.15) is 35.6 Å². The number of aliphatic hydroxyl groups is 2. The number of methoxy groups -OCH3 is 1. The SMILES string of the molecule is C=CCO[C@@]12Oc3ccc(OCc4ccccc4F)cc3[C@H]3[C@H](CCCCO)[C@@H](CCCCO)C=C(C(=NOC(C)(C)C)C[C@@H]1N(Cc1cccc4ccccc14)C(=O)OC)[C@H]32. The van der Waals surface area contributed by atoms with Gasteiger partial charge in [0.2, 0.25) is 5.79 Å². The number of rotatable bonds is 18. The summed E-state index contributed by atoms with van der Waals surface area (Å²) in [5.41, 5.74) is 3.26. The third kappa shape index (κ3) is 9.55. The summed E-state index contributed by atoms with van der Waals surface area (Å²) >= 11 is 0. The molecule has 1 amide bonds. The zero-order chi connectivity index (χ0) is 43.9. The Morgan fingerprint density at radius 2 is 1.69 bits per heavy atom. The van der Waals surface area contributed by atoms with E-state index >= 15 is 0 Å². The summed E-state index contributed by atoms with van der Waals surface area (Å²) in [7, 11) is 1.39. The molecule has 6 atom stereocenters. The molecule has 4 aromatic carbocycles. The Morgan fingerprint density at radius 1 is 0.968 bits per heavy atom. The topological polar surface area (TPSA) is 119 Å². The predicted octanol–water partition coefficient (Wildman–Crippen LogP) is 10.3. The number of ether oxygens (including phenoxy) is 4. The quantitative estimate of drug-likeness (QED) is 0.0577. The molecule has 2 aliphatic carbocycles. The van der Waals surface area contributed by atoms with Crippen LogP contribution in [0.25, 0.3) is 10.8 Å². The summed E-state index contributed by atoms with van der Waals surface area (Å²) < 4.78 is 41.2. The molecular weight excluding hydrogens is 788 g/mol. The average Bonchev–Trinajstić information content (AvgIpc) is 3.27. The van der Waals surface area contributed by atoms with Crippen molar-refractivity contribution < 1.29 is 43.2 Å². The maximum Gasteiger partial charge on any atom is 0.410 e. The summed E-state index contributed by atoms with van der Waals surface area (Å²) in [5.74, 6) is -1.40. The molecule has 2 N–H and O–H groups in total. The van der Waals surface area contributed by atoms with Gasteiger partial charge in [0.05, 0.1) is 31.9 Å². The number of fused-ring (bicyclic) bond motifs is 3. The van der Waals surface area contributed by atoms with Gasteiger partial charge in [0, 0.05) is 36.7 Å². The van der Waals surface area contributed by atoms with Crippen LogP contribution in [-0.4, -0.2) is 71.3 Å².